The highest BCUT2D eigenvalue weighted by Crippen LogP contribution is 2.43. The average Bonchev–Trinajstić information content (AvgIpc) is 3.16. The van der Waals surface area contributed by atoms with Crippen LogP contribution in [0.15, 0.2) is 0 Å². The minimum atomic E-state index is -0.481. The van der Waals surface area contributed by atoms with E-state index in [4.69, 9.17) is 15.6 Å². The molecule has 0 spiro atoms. The maximum Gasteiger partial charge on any atom is 0.313 e. The van der Waals surface area contributed by atoms with E-state index < -0.39 is 5.41 Å². The zero-order valence-corrected chi connectivity index (χ0v) is 10.8. The maximum atomic E-state index is 11.9. The van der Waals surface area contributed by atoms with Crippen molar-refractivity contribution in [1.29, 1.82) is 0 Å². The highest BCUT2D eigenvalue weighted by Gasteiger charge is 2.42. The number of rotatable bonds is 9. The van der Waals surface area contributed by atoms with Gasteiger partial charge in [-0.2, -0.15) is 0 Å². The van der Waals surface area contributed by atoms with Gasteiger partial charge >= 0.3 is 5.97 Å². The zero-order valence-electron chi connectivity index (χ0n) is 10.8. The first-order chi connectivity index (χ1) is 8.18. The first-order valence-electron chi connectivity index (χ1n) is 6.58. The molecule has 0 bridgehead atoms. The van der Waals surface area contributed by atoms with Crippen molar-refractivity contribution < 1.29 is 14.6 Å². The monoisotopic (exact) mass is 243 g/mol. The molecule has 1 unspecified atom stereocenters. The van der Waals surface area contributed by atoms with Crippen molar-refractivity contribution in [1.82, 2.24) is 0 Å². The number of esters is 1. The van der Waals surface area contributed by atoms with Gasteiger partial charge in [-0.3, -0.25) is 4.79 Å². The third-order valence-electron chi connectivity index (χ3n) is 3.70. The highest BCUT2D eigenvalue weighted by molar-refractivity contribution is 5.77. The van der Waals surface area contributed by atoms with E-state index >= 15 is 0 Å². The van der Waals surface area contributed by atoms with E-state index in [0.29, 0.717) is 12.5 Å². The Balaban J connectivity index is 2.51. The van der Waals surface area contributed by atoms with E-state index in [2.05, 4.69) is 0 Å². The number of unbranched alkanes of at least 4 members (excludes halogenated alkanes) is 2. The normalized spacial score (nSPS) is 18.8. The molecular formula is C13H25NO3. The smallest absolute Gasteiger partial charge is 0.313 e. The number of hydrogen-bond acceptors (Lipinski definition) is 4. The second-order valence-corrected chi connectivity index (χ2v) is 5.16. The van der Waals surface area contributed by atoms with Crippen molar-refractivity contribution in [2.45, 2.75) is 44.9 Å². The fourth-order valence-electron chi connectivity index (χ4n) is 2.40. The summed E-state index contributed by atoms with van der Waals surface area (Å²) in [4.78, 5) is 11.9. The van der Waals surface area contributed by atoms with E-state index in [1.165, 1.54) is 20.0 Å². The van der Waals surface area contributed by atoms with Crippen LogP contribution in [0.2, 0.25) is 0 Å². The van der Waals surface area contributed by atoms with Gasteiger partial charge in [0.1, 0.15) is 0 Å². The van der Waals surface area contributed by atoms with Crippen LogP contribution in [0.3, 0.4) is 0 Å². The summed E-state index contributed by atoms with van der Waals surface area (Å²) in [6.07, 6.45) is 6.76. The van der Waals surface area contributed by atoms with Gasteiger partial charge in [0.2, 0.25) is 0 Å². The minimum Gasteiger partial charge on any atom is -0.469 e. The quantitative estimate of drug-likeness (QED) is 0.475. The molecule has 1 aliphatic rings. The predicted molar refractivity (Wildman–Crippen MR) is 66.4 cm³/mol. The van der Waals surface area contributed by atoms with Crippen LogP contribution in [0.1, 0.15) is 44.9 Å². The lowest BCUT2D eigenvalue weighted by atomic mass is 9.78. The van der Waals surface area contributed by atoms with E-state index in [9.17, 15) is 4.79 Å². The van der Waals surface area contributed by atoms with Crippen LogP contribution in [-0.4, -0.2) is 31.3 Å². The Labute approximate surface area is 104 Å². The summed E-state index contributed by atoms with van der Waals surface area (Å²) >= 11 is 0. The Bertz CT molecular complexity index is 241. The van der Waals surface area contributed by atoms with E-state index in [1.807, 2.05) is 0 Å². The Morgan fingerprint density at radius 1 is 1.41 bits per heavy atom. The Morgan fingerprint density at radius 2 is 2.12 bits per heavy atom. The van der Waals surface area contributed by atoms with E-state index in [0.717, 1.165) is 32.1 Å². The number of aliphatic hydroxyl groups excluding tert-OH is 1. The van der Waals surface area contributed by atoms with Crippen molar-refractivity contribution in [3.8, 4) is 0 Å². The number of ether oxygens (including phenoxy) is 1. The first-order valence-corrected chi connectivity index (χ1v) is 6.58. The molecule has 3 N–H and O–H groups in total. The Hall–Kier alpha value is -0.610. The summed E-state index contributed by atoms with van der Waals surface area (Å²) in [6.45, 7) is 0.589. The molecule has 1 aliphatic carbocycles. The molecule has 17 heavy (non-hydrogen) atoms. The highest BCUT2D eigenvalue weighted by atomic mass is 16.5. The van der Waals surface area contributed by atoms with E-state index in [1.54, 1.807) is 0 Å². The lowest BCUT2D eigenvalue weighted by Crippen LogP contribution is -2.40. The number of aliphatic hydroxyl groups is 1. The van der Waals surface area contributed by atoms with Gasteiger partial charge in [-0.25, -0.2) is 0 Å². The molecule has 0 aromatic heterocycles. The van der Waals surface area contributed by atoms with E-state index in [-0.39, 0.29) is 12.6 Å². The fraction of sp³-hybridized carbons (Fsp3) is 0.923. The molecule has 0 amide bonds. The summed E-state index contributed by atoms with van der Waals surface area (Å²) in [5.41, 5.74) is 5.34. The van der Waals surface area contributed by atoms with Gasteiger partial charge in [0, 0.05) is 13.2 Å². The molecule has 4 nitrogen and oxygen atoms in total. The topological polar surface area (TPSA) is 72.5 Å². The molecule has 0 saturated heterocycles. The molecule has 0 radical (unpaired) electrons. The maximum absolute atomic E-state index is 11.9. The largest absolute Gasteiger partial charge is 0.469 e. The Kier molecular flexibility index (Phi) is 5.92. The van der Waals surface area contributed by atoms with Gasteiger partial charge in [-0.15, -0.1) is 0 Å². The van der Waals surface area contributed by atoms with Gasteiger partial charge in [0.05, 0.1) is 12.5 Å². The SMILES string of the molecule is COC(=O)C(CN)(CCCCCO)CC1CC1. The molecule has 0 heterocycles. The van der Waals surface area contributed by atoms with Gasteiger partial charge < -0.3 is 15.6 Å². The molecule has 0 aromatic carbocycles. The third-order valence-corrected chi connectivity index (χ3v) is 3.70. The number of carbonyl (C=O) groups is 1. The number of nitrogens with two attached hydrogens (primary N) is 1. The third kappa shape index (κ3) is 4.28. The molecule has 1 rings (SSSR count). The first kappa shape index (κ1) is 14.5. The van der Waals surface area contributed by atoms with Crippen LogP contribution in [0.4, 0.5) is 0 Å². The summed E-state index contributed by atoms with van der Waals surface area (Å²) in [7, 11) is 1.44. The molecule has 0 aliphatic heterocycles. The van der Waals surface area contributed by atoms with Crippen molar-refractivity contribution >= 4 is 5.97 Å². The van der Waals surface area contributed by atoms with Gasteiger partial charge in [-0.05, 0) is 25.2 Å². The molecule has 1 saturated carbocycles. The van der Waals surface area contributed by atoms with Crippen molar-refractivity contribution in [3.05, 3.63) is 0 Å². The summed E-state index contributed by atoms with van der Waals surface area (Å²) in [6, 6.07) is 0. The molecule has 1 atom stereocenters. The standard InChI is InChI=1S/C13H25NO3/c1-17-12(16)13(10-14,9-11-5-6-11)7-3-2-4-8-15/h11,15H,2-10,14H2,1H3. The number of carbonyl (C=O) groups excluding carboxylic acids is 1. The van der Waals surface area contributed by atoms with Crippen LogP contribution in [0, 0.1) is 11.3 Å². The second kappa shape index (κ2) is 6.97. The zero-order chi connectivity index (χ0) is 12.7. The Morgan fingerprint density at radius 3 is 2.59 bits per heavy atom. The molecular weight excluding hydrogens is 218 g/mol. The second-order valence-electron chi connectivity index (χ2n) is 5.16. The molecule has 4 heteroatoms. The summed E-state index contributed by atoms with van der Waals surface area (Å²) in [5, 5.41) is 8.75. The number of methoxy groups -OCH3 is 1. The lowest BCUT2D eigenvalue weighted by Gasteiger charge is -2.29. The van der Waals surface area contributed by atoms with Gasteiger partial charge in [0.25, 0.3) is 0 Å². The van der Waals surface area contributed by atoms with Crippen LogP contribution < -0.4 is 5.73 Å². The van der Waals surface area contributed by atoms with Crippen molar-refractivity contribution in [2.75, 3.05) is 20.3 Å². The van der Waals surface area contributed by atoms with Gasteiger partial charge in [-0.1, -0.05) is 25.7 Å². The van der Waals surface area contributed by atoms with Crippen LogP contribution in [0.25, 0.3) is 0 Å². The van der Waals surface area contributed by atoms with Crippen molar-refractivity contribution in [3.63, 3.8) is 0 Å². The van der Waals surface area contributed by atoms with Crippen LogP contribution >= 0.6 is 0 Å². The molecule has 100 valence electrons. The fourth-order valence-corrected chi connectivity index (χ4v) is 2.40. The lowest BCUT2D eigenvalue weighted by molar-refractivity contribution is -0.153. The summed E-state index contributed by atoms with van der Waals surface area (Å²) < 4.78 is 4.92. The number of hydrogen-bond donors (Lipinski definition) is 2. The average molecular weight is 243 g/mol. The van der Waals surface area contributed by atoms with Gasteiger partial charge in [0.15, 0.2) is 0 Å². The van der Waals surface area contributed by atoms with Crippen LogP contribution in [0.5, 0.6) is 0 Å². The predicted octanol–water partition coefficient (Wildman–Crippen LogP) is 1.46. The molecule has 1 fully saturated rings. The molecule has 0 aromatic rings. The van der Waals surface area contributed by atoms with Crippen molar-refractivity contribution in [2.24, 2.45) is 17.1 Å². The van der Waals surface area contributed by atoms with Crippen LogP contribution in [-0.2, 0) is 9.53 Å². The summed E-state index contributed by atoms with van der Waals surface area (Å²) in [5.74, 6) is 0.506. The minimum absolute atomic E-state index is 0.157.